The second-order valence-electron chi connectivity index (χ2n) is 4.96. The van der Waals surface area contributed by atoms with E-state index in [-0.39, 0.29) is 22.7 Å². The van der Waals surface area contributed by atoms with Gasteiger partial charge in [-0.25, -0.2) is 0 Å². The van der Waals surface area contributed by atoms with Crippen molar-refractivity contribution in [3.63, 3.8) is 0 Å². The number of carbonyl (C=O) groups excluding carboxylic acids is 1. The molecule has 0 saturated carbocycles. The molecule has 0 aromatic heterocycles. The molecule has 1 aromatic carbocycles. The molecule has 0 bridgehead atoms. The van der Waals surface area contributed by atoms with Gasteiger partial charge in [-0.15, -0.1) is 0 Å². The third-order valence-electron chi connectivity index (χ3n) is 3.43. The fraction of sp³-hybridized carbons (Fsp3) is 0.500. The third kappa shape index (κ3) is 4.41. The van der Waals surface area contributed by atoms with Gasteiger partial charge in [-0.2, -0.15) is 0 Å². The largest absolute Gasteiger partial charge is 0.378 e. The zero-order valence-electron chi connectivity index (χ0n) is 11.5. The Morgan fingerprint density at radius 1 is 1.48 bits per heavy atom. The van der Waals surface area contributed by atoms with E-state index in [9.17, 15) is 14.9 Å². The van der Waals surface area contributed by atoms with E-state index in [0.717, 1.165) is 32.3 Å². The van der Waals surface area contributed by atoms with Crippen molar-refractivity contribution < 1.29 is 14.5 Å². The minimum Gasteiger partial charge on any atom is -0.378 e. The summed E-state index contributed by atoms with van der Waals surface area (Å²) in [5.74, 6) is -0.289. The average Bonchev–Trinajstić information content (AvgIpc) is 2.47. The Kier molecular flexibility index (Phi) is 5.52. The minimum atomic E-state index is -0.579. The molecule has 1 N–H and O–H groups in total. The summed E-state index contributed by atoms with van der Waals surface area (Å²) < 4.78 is 5.58. The highest BCUT2D eigenvalue weighted by Gasteiger charge is 2.16. The zero-order valence-corrected chi connectivity index (χ0v) is 12.3. The number of benzene rings is 1. The highest BCUT2D eigenvalue weighted by atomic mass is 35.5. The second-order valence-corrected chi connectivity index (χ2v) is 5.36. The van der Waals surface area contributed by atoms with Gasteiger partial charge in [0.05, 0.1) is 11.0 Å². The lowest BCUT2D eigenvalue weighted by Crippen LogP contribution is -2.29. The minimum absolute atomic E-state index is 0.0386. The van der Waals surface area contributed by atoms with Crippen molar-refractivity contribution in [1.29, 1.82) is 0 Å². The maximum absolute atomic E-state index is 11.9. The first kappa shape index (κ1) is 15.7. The summed E-state index contributed by atoms with van der Waals surface area (Å²) in [5, 5.41) is 13.4. The van der Waals surface area contributed by atoms with E-state index in [1.165, 1.54) is 18.2 Å². The number of hydrogen-bond donors (Lipinski definition) is 1. The first-order chi connectivity index (χ1) is 10.1. The van der Waals surface area contributed by atoms with Crippen LogP contribution in [-0.2, 0) is 4.74 Å². The van der Waals surface area contributed by atoms with Gasteiger partial charge in [0.2, 0.25) is 0 Å². The highest BCUT2D eigenvalue weighted by molar-refractivity contribution is 6.33. The number of nitrogens with one attached hydrogen (secondary N) is 1. The molecule has 1 unspecified atom stereocenters. The van der Waals surface area contributed by atoms with Crippen LogP contribution in [0.3, 0.4) is 0 Å². The van der Waals surface area contributed by atoms with Crippen molar-refractivity contribution in [3.8, 4) is 0 Å². The van der Waals surface area contributed by atoms with E-state index < -0.39 is 4.92 Å². The van der Waals surface area contributed by atoms with Crippen LogP contribution in [0.5, 0.6) is 0 Å². The quantitative estimate of drug-likeness (QED) is 0.669. The van der Waals surface area contributed by atoms with Gasteiger partial charge in [0, 0.05) is 24.8 Å². The van der Waals surface area contributed by atoms with E-state index in [0.29, 0.717) is 12.1 Å². The predicted molar refractivity (Wildman–Crippen MR) is 78.6 cm³/mol. The number of halogens is 1. The molecule has 1 aromatic rings. The normalized spacial score (nSPS) is 18.2. The molecule has 1 atom stereocenters. The molecular formula is C14H17ClN2O4. The number of amides is 1. The lowest BCUT2D eigenvalue weighted by Gasteiger charge is -2.22. The molecule has 1 fully saturated rings. The van der Waals surface area contributed by atoms with Gasteiger partial charge in [0.25, 0.3) is 11.6 Å². The monoisotopic (exact) mass is 312 g/mol. The Balaban J connectivity index is 1.85. The first-order valence-corrected chi connectivity index (χ1v) is 7.29. The van der Waals surface area contributed by atoms with E-state index in [1.807, 2.05) is 0 Å². The highest BCUT2D eigenvalue weighted by Crippen LogP contribution is 2.24. The number of carbonyl (C=O) groups is 1. The van der Waals surface area contributed by atoms with Crippen LogP contribution < -0.4 is 5.32 Å². The van der Waals surface area contributed by atoms with Crippen molar-refractivity contribution in [2.75, 3.05) is 13.2 Å². The molecule has 114 valence electrons. The third-order valence-corrected chi connectivity index (χ3v) is 3.74. The standard InChI is InChI=1S/C14H17ClN2O4/c15-12-9-10(4-5-13(12)17(19)20)14(18)16-7-6-11-3-1-2-8-21-11/h4-5,9,11H,1-3,6-8H2,(H,16,18). The maximum Gasteiger partial charge on any atom is 0.287 e. The molecule has 6 nitrogen and oxygen atoms in total. The lowest BCUT2D eigenvalue weighted by atomic mass is 10.1. The van der Waals surface area contributed by atoms with Crippen molar-refractivity contribution in [2.45, 2.75) is 31.8 Å². The SMILES string of the molecule is O=C(NCCC1CCCCO1)c1ccc([N+](=O)[O-])c(Cl)c1. The molecule has 1 aliphatic rings. The molecule has 1 saturated heterocycles. The zero-order chi connectivity index (χ0) is 15.2. The predicted octanol–water partition coefficient (Wildman–Crippen LogP) is 2.94. The van der Waals surface area contributed by atoms with Crippen molar-refractivity contribution in [2.24, 2.45) is 0 Å². The number of hydrogen-bond acceptors (Lipinski definition) is 4. The number of nitro benzene ring substituents is 1. The number of rotatable bonds is 5. The maximum atomic E-state index is 11.9. The Bertz CT molecular complexity index is 530. The molecule has 7 heteroatoms. The number of ether oxygens (including phenoxy) is 1. The van der Waals surface area contributed by atoms with Gasteiger partial charge in [0.1, 0.15) is 5.02 Å². The van der Waals surface area contributed by atoms with Gasteiger partial charge in [0.15, 0.2) is 0 Å². The van der Waals surface area contributed by atoms with Crippen molar-refractivity contribution in [3.05, 3.63) is 38.9 Å². The van der Waals surface area contributed by atoms with Gasteiger partial charge in [-0.1, -0.05) is 11.6 Å². The van der Waals surface area contributed by atoms with Crippen molar-refractivity contribution >= 4 is 23.2 Å². The van der Waals surface area contributed by atoms with Crippen LogP contribution in [0.4, 0.5) is 5.69 Å². The van der Waals surface area contributed by atoms with Crippen LogP contribution in [-0.4, -0.2) is 30.1 Å². The molecule has 0 aliphatic carbocycles. The Hall–Kier alpha value is -1.66. The van der Waals surface area contributed by atoms with Crippen LogP contribution in [0.1, 0.15) is 36.0 Å². The number of nitro groups is 1. The van der Waals surface area contributed by atoms with Gasteiger partial charge < -0.3 is 10.1 Å². The molecule has 0 spiro atoms. The van der Waals surface area contributed by atoms with Crippen LogP contribution in [0.15, 0.2) is 18.2 Å². The second kappa shape index (κ2) is 7.38. The Labute approximate surface area is 127 Å². The van der Waals surface area contributed by atoms with E-state index in [1.54, 1.807) is 0 Å². The molecule has 1 heterocycles. The Morgan fingerprint density at radius 3 is 2.90 bits per heavy atom. The summed E-state index contributed by atoms with van der Waals surface area (Å²) >= 11 is 5.78. The average molecular weight is 313 g/mol. The number of nitrogens with zero attached hydrogens (tertiary/aromatic N) is 1. The molecule has 1 aliphatic heterocycles. The van der Waals surface area contributed by atoms with Crippen LogP contribution >= 0.6 is 11.6 Å². The fourth-order valence-corrected chi connectivity index (χ4v) is 2.53. The van der Waals surface area contributed by atoms with Crippen LogP contribution in [0, 0.1) is 10.1 Å². The smallest absolute Gasteiger partial charge is 0.287 e. The summed E-state index contributed by atoms with van der Waals surface area (Å²) in [6, 6.07) is 3.95. The summed E-state index contributed by atoms with van der Waals surface area (Å²) in [4.78, 5) is 22.0. The van der Waals surface area contributed by atoms with Crippen LogP contribution in [0.25, 0.3) is 0 Å². The van der Waals surface area contributed by atoms with Gasteiger partial charge in [-0.3, -0.25) is 14.9 Å². The molecule has 2 rings (SSSR count). The summed E-state index contributed by atoms with van der Waals surface area (Å²) in [7, 11) is 0. The van der Waals surface area contributed by atoms with Crippen molar-refractivity contribution in [1.82, 2.24) is 5.32 Å². The van der Waals surface area contributed by atoms with E-state index in [4.69, 9.17) is 16.3 Å². The Morgan fingerprint density at radius 2 is 2.29 bits per heavy atom. The van der Waals surface area contributed by atoms with Crippen LogP contribution in [0.2, 0.25) is 5.02 Å². The topological polar surface area (TPSA) is 81.5 Å². The molecule has 1 amide bonds. The summed E-state index contributed by atoms with van der Waals surface area (Å²) in [6.07, 6.45) is 4.27. The fourth-order valence-electron chi connectivity index (χ4n) is 2.28. The molecule has 21 heavy (non-hydrogen) atoms. The summed E-state index contributed by atoms with van der Waals surface area (Å²) in [6.45, 7) is 1.30. The van der Waals surface area contributed by atoms with E-state index in [2.05, 4.69) is 5.32 Å². The van der Waals surface area contributed by atoms with E-state index >= 15 is 0 Å². The van der Waals surface area contributed by atoms with Gasteiger partial charge >= 0.3 is 0 Å². The first-order valence-electron chi connectivity index (χ1n) is 6.91. The summed E-state index contributed by atoms with van der Waals surface area (Å²) in [5.41, 5.74) is 0.110. The molecule has 0 radical (unpaired) electrons. The lowest BCUT2D eigenvalue weighted by molar-refractivity contribution is -0.384. The van der Waals surface area contributed by atoms with Gasteiger partial charge in [-0.05, 0) is 37.8 Å². The molecular weight excluding hydrogens is 296 g/mol.